The molecule has 0 aliphatic carbocycles. The van der Waals surface area contributed by atoms with Gasteiger partial charge < -0.3 is 15.4 Å². The molecule has 1 aromatic heterocycles. The minimum Gasteiger partial charge on any atom is -0.466 e. The van der Waals surface area contributed by atoms with Gasteiger partial charge in [0.05, 0.1) is 24.4 Å². The second-order valence-electron chi connectivity index (χ2n) is 4.80. The Balaban J connectivity index is 1.92. The number of anilines is 1. The molecule has 1 saturated heterocycles. The van der Waals surface area contributed by atoms with E-state index in [9.17, 15) is 9.59 Å². The summed E-state index contributed by atoms with van der Waals surface area (Å²) in [5.74, 6) is -0.379. The number of nitrogen functional groups attached to an aromatic ring is 1. The average Bonchev–Trinajstić information content (AvgIpc) is 2.48. The molecule has 6 nitrogen and oxygen atoms in total. The molecule has 1 aliphatic rings. The fourth-order valence-electron chi connectivity index (χ4n) is 2.27. The largest absolute Gasteiger partial charge is 0.466 e. The number of amides is 1. The van der Waals surface area contributed by atoms with Crippen LogP contribution in [0.2, 0.25) is 0 Å². The lowest BCUT2D eigenvalue weighted by molar-refractivity contribution is -0.149. The van der Waals surface area contributed by atoms with Crippen LogP contribution in [0.4, 0.5) is 5.69 Å². The zero-order valence-corrected chi connectivity index (χ0v) is 11.5. The van der Waals surface area contributed by atoms with Crippen LogP contribution < -0.4 is 5.73 Å². The quantitative estimate of drug-likeness (QED) is 0.835. The average molecular weight is 277 g/mol. The summed E-state index contributed by atoms with van der Waals surface area (Å²) < 4.78 is 5.01. The standard InChI is InChI=1S/C14H19N3O3/c1-2-20-14(19)10-5-7-17(8-6-10)13(18)12-4-3-11(15)9-16-12/h3-4,9-10H,2,5-8,15H2,1H3. The number of esters is 1. The van der Waals surface area contributed by atoms with E-state index >= 15 is 0 Å². The summed E-state index contributed by atoms with van der Waals surface area (Å²) in [6.07, 6.45) is 2.75. The second kappa shape index (κ2) is 6.36. The number of pyridine rings is 1. The van der Waals surface area contributed by atoms with Crippen LogP contribution in [0.15, 0.2) is 18.3 Å². The van der Waals surface area contributed by atoms with Gasteiger partial charge in [0, 0.05) is 13.1 Å². The first kappa shape index (κ1) is 14.3. The molecular weight excluding hydrogens is 258 g/mol. The molecule has 0 aromatic carbocycles. The van der Waals surface area contributed by atoms with Crippen LogP contribution >= 0.6 is 0 Å². The number of rotatable bonds is 3. The molecule has 20 heavy (non-hydrogen) atoms. The number of ether oxygens (including phenoxy) is 1. The number of likely N-dealkylation sites (tertiary alicyclic amines) is 1. The van der Waals surface area contributed by atoms with E-state index in [1.54, 1.807) is 24.0 Å². The monoisotopic (exact) mass is 277 g/mol. The molecule has 1 aromatic rings. The molecular formula is C14H19N3O3. The van der Waals surface area contributed by atoms with Crippen LogP contribution in [0.3, 0.4) is 0 Å². The highest BCUT2D eigenvalue weighted by Gasteiger charge is 2.28. The third kappa shape index (κ3) is 3.26. The Morgan fingerprint density at radius 3 is 2.65 bits per heavy atom. The van der Waals surface area contributed by atoms with Crippen molar-refractivity contribution in [3.05, 3.63) is 24.0 Å². The lowest BCUT2D eigenvalue weighted by Crippen LogP contribution is -2.40. The lowest BCUT2D eigenvalue weighted by Gasteiger charge is -2.30. The van der Waals surface area contributed by atoms with Crippen molar-refractivity contribution in [1.29, 1.82) is 0 Å². The first-order chi connectivity index (χ1) is 9.61. The first-order valence-corrected chi connectivity index (χ1v) is 6.79. The Kier molecular flexibility index (Phi) is 4.55. The summed E-state index contributed by atoms with van der Waals surface area (Å²) in [6, 6.07) is 3.28. The Labute approximate surface area is 117 Å². The van der Waals surface area contributed by atoms with E-state index in [0.717, 1.165) is 0 Å². The number of nitrogens with two attached hydrogens (primary N) is 1. The number of carbonyl (C=O) groups is 2. The highest BCUT2D eigenvalue weighted by Crippen LogP contribution is 2.20. The lowest BCUT2D eigenvalue weighted by atomic mass is 9.97. The van der Waals surface area contributed by atoms with Gasteiger partial charge in [-0.1, -0.05) is 0 Å². The van der Waals surface area contributed by atoms with Crippen LogP contribution in [-0.2, 0) is 9.53 Å². The maximum atomic E-state index is 12.2. The molecule has 0 saturated carbocycles. The third-order valence-corrected chi connectivity index (χ3v) is 3.41. The van der Waals surface area contributed by atoms with Gasteiger partial charge in [-0.3, -0.25) is 9.59 Å². The zero-order valence-electron chi connectivity index (χ0n) is 11.5. The number of piperidine rings is 1. The van der Waals surface area contributed by atoms with E-state index in [1.165, 1.54) is 6.20 Å². The minimum atomic E-state index is -0.162. The van der Waals surface area contributed by atoms with E-state index in [4.69, 9.17) is 10.5 Å². The van der Waals surface area contributed by atoms with E-state index in [0.29, 0.717) is 43.9 Å². The molecule has 1 aliphatic heterocycles. The van der Waals surface area contributed by atoms with Crippen molar-refractivity contribution in [2.75, 3.05) is 25.4 Å². The predicted octanol–water partition coefficient (Wildman–Crippen LogP) is 1.08. The molecule has 2 heterocycles. The predicted molar refractivity (Wildman–Crippen MR) is 73.9 cm³/mol. The van der Waals surface area contributed by atoms with Crippen LogP contribution in [0.5, 0.6) is 0 Å². The van der Waals surface area contributed by atoms with E-state index in [1.807, 2.05) is 0 Å². The molecule has 1 fully saturated rings. The molecule has 0 radical (unpaired) electrons. The van der Waals surface area contributed by atoms with Gasteiger partial charge in [0.2, 0.25) is 0 Å². The first-order valence-electron chi connectivity index (χ1n) is 6.79. The van der Waals surface area contributed by atoms with Crippen molar-refractivity contribution in [1.82, 2.24) is 9.88 Å². The maximum absolute atomic E-state index is 12.2. The Morgan fingerprint density at radius 1 is 1.40 bits per heavy atom. The molecule has 2 N–H and O–H groups in total. The highest BCUT2D eigenvalue weighted by molar-refractivity contribution is 5.92. The fourth-order valence-corrected chi connectivity index (χ4v) is 2.27. The van der Waals surface area contributed by atoms with Gasteiger partial charge in [0.15, 0.2) is 0 Å². The molecule has 0 bridgehead atoms. The van der Waals surface area contributed by atoms with Crippen molar-refractivity contribution in [2.24, 2.45) is 5.92 Å². The van der Waals surface area contributed by atoms with Crippen LogP contribution in [0.25, 0.3) is 0 Å². The van der Waals surface area contributed by atoms with Gasteiger partial charge in [-0.25, -0.2) is 4.98 Å². The number of hydrogen-bond acceptors (Lipinski definition) is 5. The molecule has 0 spiro atoms. The van der Waals surface area contributed by atoms with Crippen molar-refractivity contribution in [3.8, 4) is 0 Å². The SMILES string of the molecule is CCOC(=O)C1CCN(C(=O)c2ccc(N)cn2)CC1. The van der Waals surface area contributed by atoms with Crippen molar-refractivity contribution >= 4 is 17.6 Å². The van der Waals surface area contributed by atoms with Gasteiger partial charge in [-0.05, 0) is 31.9 Å². The van der Waals surface area contributed by atoms with Gasteiger partial charge in [-0.2, -0.15) is 0 Å². The number of hydrogen-bond donors (Lipinski definition) is 1. The summed E-state index contributed by atoms with van der Waals surface area (Å²) in [5.41, 5.74) is 6.46. The van der Waals surface area contributed by atoms with E-state index < -0.39 is 0 Å². The smallest absolute Gasteiger partial charge is 0.309 e. The van der Waals surface area contributed by atoms with Gasteiger partial charge in [0.25, 0.3) is 5.91 Å². The zero-order chi connectivity index (χ0) is 14.5. The number of aromatic nitrogens is 1. The molecule has 0 unspecified atom stereocenters. The van der Waals surface area contributed by atoms with Crippen LogP contribution in [0, 0.1) is 5.92 Å². The van der Waals surface area contributed by atoms with Crippen LogP contribution in [-0.4, -0.2) is 41.5 Å². The Hall–Kier alpha value is -2.11. The summed E-state index contributed by atoms with van der Waals surface area (Å²) >= 11 is 0. The third-order valence-electron chi connectivity index (χ3n) is 3.41. The van der Waals surface area contributed by atoms with Crippen LogP contribution in [0.1, 0.15) is 30.3 Å². The van der Waals surface area contributed by atoms with Crippen molar-refractivity contribution in [3.63, 3.8) is 0 Å². The highest BCUT2D eigenvalue weighted by atomic mass is 16.5. The number of carbonyl (C=O) groups excluding carboxylic acids is 2. The summed E-state index contributed by atoms with van der Waals surface area (Å²) in [5, 5.41) is 0. The Bertz CT molecular complexity index is 479. The van der Waals surface area contributed by atoms with E-state index in [2.05, 4.69) is 4.98 Å². The minimum absolute atomic E-state index is 0.0987. The van der Waals surface area contributed by atoms with E-state index in [-0.39, 0.29) is 17.8 Å². The summed E-state index contributed by atoms with van der Waals surface area (Å²) in [7, 11) is 0. The van der Waals surface area contributed by atoms with Gasteiger partial charge in [-0.15, -0.1) is 0 Å². The van der Waals surface area contributed by atoms with Gasteiger partial charge in [0.1, 0.15) is 5.69 Å². The summed E-state index contributed by atoms with van der Waals surface area (Å²) in [4.78, 5) is 29.6. The Morgan fingerprint density at radius 2 is 2.10 bits per heavy atom. The molecule has 1 amide bonds. The topological polar surface area (TPSA) is 85.5 Å². The van der Waals surface area contributed by atoms with Crippen molar-refractivity contribution in [2.45, 2.75) is 19.8 Å². The molecule has 6 heteroatoms. The molecule has 2 rings (SSSR count). The molecule has 108 valence electrons. The molecule has 0 atom stereocenters. The number of nitrogens with zero attached hydrogens (tertiary/aromatic N) is 2. The maximum Gasteiger partial charge on any atom is 0.309 e. The summed E-state index contributed by atoms with van der Waals surface area (Å²) in [6.45, 7) is 3.29. The normalized spacial score (nSPS) is 15.9. The van der Waals surface area contributed by atoms with Crippen molar-refractivity contribution < 1.29 is 14.3 Å². The van der Waals surface area contributed by atoms with Gasteiger partial charge >= 0.3 is 5.97 Å². The fraction of sp³-hybridized carbons (Fsp3) is 0.500. The second-order valence-corrected chi connectivity index (χ2v) is 4.80.